The molecule has 4 aliphatic rings. The smallest absolute Gasteiger partial charge is 0.240 e. The van der Waals surface area contributed by atoms with E-state index in [0.717, 1.165) is 17.4 Å². The molecule has 0 unspecified atom stereocenters. The van der Waals surface area contributed by atoms with Gasteiger partial charge in [0.15, 0.2) is 0 Å². The molecular formula is C24H29N5O2S. The minimum absolute atomic E-state index is 0.190. The summed E-state index contributed by atoms with van der Waals surface area (Å²) in [5.41, 5.74) is 4.20. The molecule has 0 atom stereocenters. The third kappa shape index (κ3) is 4.33. The molecule has 4 saturated carbocycles. The zero-order valence-corrected chi connectivity index (χ0v) is 18.9. The van der Waals surface area contributed by atoms with E-state index in [1.807, 2.05) is 12.1 Å². The zero-order chi connectivity index (χ0) is 22.1. The van der Waals surface area contributed by atoms with Crippen molar-refractivity contribution in [1.82, 2.24) is 15.2 Å². The summed E-state index contributed by atoms with van der Waals surface area (Å²) in [6.07, 6.45) is 10.3. The fraction of sp³-hybridized carbons (Fsp3) is 0.500. The highest BCUT2D eigenvalue weighted by Gasteiger charge is 2.50. The summed E-state index contributed by atoms with van der Waals surface area (Å²) >= 11 is 1.39. The fourth-order valence-corrected chi connectivity index (χ4v) is 6.97. The molecular weight excluding hydrogens is 422 g/mol. The molecule has 3 N–H and O–H groups in total. The number of carbonyl (C=O) groups is 1. The molecule has 0 aliphatic heterocycles. The summed E-state index contributed by atoms with van der Waals surface area (Å²) in [6.45, 7) is 3.70. The Kier molecular flexibility index (Phi) is 6.04. The van der Waals surface area contributed by atoms with Gasteiger partial charge in [0.1, 0.15) is 11.5 Å². The summed E-state index contributed by atoms with van der Waals surface area (Å²) in [5.74, 6) is 4.61. The van der Waals surface area contributed by atoms with Crippen molar-refractivity contribution in [2.45, 2.75) is 43.7 Å². The van der Waals surface area contributed by atoms with Gasteiger partial charge in [-0.2, -0.15) is 10.1 Å². The van der Waals surface area contributed by atoms with Crippen LogP contribution in [0.1, 0.15) is 43.2 Å². The van der Waals surface area contributed by atoms with Crippen LogP contribution in [0.3, 0.4) is 0 Å². The molecule has 6 rings (SSSR count). The lowest BCUT2D eigenvalue weighted by molar-refractivity contribution is -0.133. The standard InChI is InChI=1S/C24H29N5O2S/c1-2-4-16-5-3-6-17(22(16)31)12-25-27-23-26-24(29-28-23)32-13-20(30)21-18-8-14-7-15(10-18)11-19(21)9-14/h2-3,5-6,12,14-15,18-19,21,31H,1,4,7-11,13H2,(H2,26,27,28,29). The van der Waals surface area contributed by atoms with Gasteiger partial charge in [0.25, 0.3) is 0 Å². The van der Waals surface area contributed by atoms with E-state index in [0.29, 0.717) is 46.5 Å². The van der Waals surface area contributed by atoms with Crippen molar-refractivity contribution in [3.63, 3.8) is 0 Å². The number of phenols is 1. The van der Waals surface area contributed by atoms with E-state index < -0.39 is 0 Å². The number of hydrogen-bond donors (Lipinski definition) is 3. The first kappa shape index (κ1) is 21.2. The number of Topliss-reactive ketones (excluding diaryl/α,β-unsaturated/α-hetero) is 1. The number of benzene rings is 1. The predicted octanol–water partition coefficient (Wildman–Crippen LogP) is 4.42. The molecule has 4 bridgehead atoms. The maximum absolute atomic E-state index is 13.0. The summed E-state index contributed by atoms with van der Waals surface area (Å²) in [6, 6.07) is 5.50. The van der Waals surface area contributed by atoms with Crippen molar-refractivity contribution < 1.29 is 9.90 Å². The molecule has 1 heterocycles. The maximum Gasteiger partial charge on any atom is 0.240 e. The molecule has 4 aliphatic carbocycles. The number of aromatic amines is 1. The number of aromatic hydroxyl groups is 1. The third-order valence-electron chi connectivity index (χ3n) is 7.30. The molecule has 1 aromatic heterocycles. The lowest BCUT2D eigenvalue weighted by Gasteiger charge is -2.53. The van der Waals surface area contributed by atoms with Crippen LogP contribution in [-0.4, -0.2) is 38.0 Å². The number of hydrogen-bond acceptors (Lipinski definition) is 7. The summed E-state index contributed by atoms with van der Waals surface area (Å²) in [7, 11) is 0. The molecule has 1 aromatic carbocycles. The van der Waals surface area contributed by atoms with Gasteiger partial charge in [-0.25, -0.2) is 10.5 Å². The number of nitrogens with one attached hydrogen (secondary N) is 2. The molecule has 168 valence electrons. The number of ketones is 1. The van der Waals surface area contributed by atoms with Crippen LogP contribution >= 0.6 is 11.8 Å². The summed E-state index contributed by atoms with van der Waals surface area (Å²) < 4.78 is 0. The van der Waals surface area contributed by atoms with Crippen LogP contribution in [0.25, 0.3) is 0 Å². The Bertz CT molecular complexity index is 1010. The van der Waals surface area contributed by atoms with Crippen LogP contribution in [0.2, 0.25) is 0 Å². The Morgan fingerprint density at radius 1 is 1.25 bits per heavy atom. The van der Waals surface area contributed by atoms with Gasteiger partial charge in [-0.15, -0.1) is 11.7 Å². The normalized spacial score (nSPS) is 28.3. The highest BCUT2D eigenvalue weighted by Crippen LogP contribution is 2.56. The van der Waals surface area contributed by atoms with E-state index in [-0.39, 0.29) is 11.7 Å². The molecule has 7 nitrogen and oxygen atoms in total. The Morgan fingerprint density at radius 3 is 2.72 bits per heavy atom. The second kappa shape index (κ2) is 9.10. The number of allylic oxidation sites excluding steroid dienone is 1. The first-order valence-electron chi connectivity index (χ1n) is 11.4. The first-order chi connectivity index (χ1) is 15.6. The van der Waals surface area contributed by atoms with Gasteiger partial charge in [0.05, 0.1) is 12.0 Å². The van der Waals surface area contributed by atoms with Crippen LogP contribution in [0.4, 0.5) is 5.95 Å². The fourth-order valence-electron chi connectivity index (χ4n) is 6.24. The Morgan fingerprint density at radius 2 is 2.00 bits per heavy atom. The molecule has 0 spiro atoms. The molecule has 8 heteroatoms. The van der Waals surface area contributed by atoms with E-state index in [1.54, 1.807) is 12.1 Å². The van der Waals surface area contributed by atoms with E-state index >= 15 is 0 Å². The van der Waals surface area contributed by atoms with Gasteiger partial charge in [0.2, 0.25) is 11.1 Å². The second-order valence-corrected chi connectivity index (χ2v) is 10.3. The average molecular weight is 452 g/mol. The van der Waals surface area contributed by atoms with Crippen molar-refractivity contribution in [3.8, 4) is 5.75 Å². The van der Waals surface area contributed by atoms with Crippen molar-refractivity contribution in [2.24, 2.45) is 34.7 Å². The molecule has 32 heavy (non-hydrogen) atoms. The van der Waals surface area contributed by atoms with Crippen molar-refractivity contribution in [2.75, 3.05) is 11.2 Å². The van der Waals surface area contributed by atoms with E-state index in [4.69, 9.17) is 0 Å². The number of rotatable bonds is 9. The van der Waals surface area contributed by atoms with Crippen LogP contribution < -0.4 is 5.43 Å². The Balaban J connectivity index is 1.14. The third-order valence-corrected chi connectivity index (χ3v) is 8.17. The topological polar surface area (TPSA) is 103 Å². The van der Waals surface area contributed by atoms with Crippen LogP contribution in [0.15, 0.2) is 41.1 Å². The van der Waals surface area contributed by atoms with Crippen molar-refractivity contribution in [1.29, 1.82) is 0 Å². The number of para-hydroxylation sites is 1. The second-order valence-electron chi connectivity index (χ2n) is 9.40. The number of H-pyrrole nitrogens is 1. The van der Waals surface area contributed by atoms with Crippen molar-refractivity contribution >= 4 is 29.7 Å². The number of carbonyl (C=O) groups excluding carboxylic acids is 1. The minimum Gasteiger partial charge on any atom is -0.507 e. The van der Waals surface area contributed by atoms with Crippen LogP contribution in [0, 0.1) is 29.6 Å². The van der Waals surface area contributed by atoms with Crippen molar-refractivity contribution in [3.05, 3.63) is 42.0 Å². The van der Waals surface area contributed by atoms with E-state index in [2.05, 4.69) is 32.3 Å². The SMILES string of the molecule is C=CCc1cccc(C=NNc2nc(SCC(=O)C3C4CC5CC(C4)CC3C5)n[nH]2)c1O. The van der Waals surface area contributed by atoms with E-state index in [9.17, 15) is 9.90 Å². The van der Waals surface area contributed by atoms with Gasteiger partial charge in [-0.05, 0) is 73.8 Å². The lowest BCUT2D eigenvalue weighted by atomic mass is 9.51. The van der Waals surface area contributed by atoms with Gasteiger partial charge >= 0.3 is 0 Å². The number of nitrogens with zero attached hydrogens (tertiary/aromatic N) is 3. The largest absolute Gasteiger partial charge is 0.507 e. The van der Waals surface area contributed by atoms with Gasteiger partial charge in [-0.3, -0.25) is 4.79 Å². The quantitative estimate of drug-likeness (QED) is 0.226. The number of anilines is 1. The lowest BCUT2D eigenvalue weighted by Crippen LogP contribution is -2.48. The molecule has 0 saturated heterocycles. The monoisotopic (exact) mass is 451 g/mol. The minimum atomic E-state index is 0.190. The van der Waals surface area contributed by atoms with E-state index in [1.165, 1.54) is 50.1 Å². The Hall–Kier alpha value is -2.61. The summed E-state index contributed by atoms with van der Waals surface area (Å²) in [4.78, 5) is 17.4. The molecule has 0 amide bonds. The highest BCUT2D eigenvalue weighted by atomic mass is 32.2. The number of phenolic OH excluding ortho intramolecular Hbond substituents is 1. The predicted molar refractivity (Wildman–Crippen MR) is 126 cm³/mol. The Labute approximate surface area is 192 Å². The molecule has 2 aromatic rings. The molecule has 0 radical (unpaired) electrons. The number of aromatic nitrogens is 3. The van der Waals surface area contributed by atoms with Gasteiger partial charge < -0.3 is 5.11 Å². The van der Waals surface area contributed by atoms with Crippen LogP contribution in [0.5, 0.6) is 5.75 Å². The summed E-state index contributed by atoms with van der Waals surface area (Å²) in [5, 5.41) is 21.9. The molecule has 4 fully saturated rings. The van der Waals surface area contributed by atoms with Crippen LogP contribution in [-0.2, 0) is 11.2 Å². The first-order valence-corrected chi connectivity index (χ1v) is 12.4. The van der Waals surface area contributed by atoms with Gasteiger partial charge in [0, 0.05) is 11.5 Å². The van der Waals surface area contributed by atoms with Gasteiger partial charge in [-0.1, -0.05) is 30.0 Å². The highest BCUT2D eigenvalue weighted by molar-refractivity contribution is 7.99. The average Bonchev–Trinajstić information content (AvgIpc) is 3.22. The number of thioether (sulfide) groups is 1. The maximum atomic E-state index is 13.0. The zero-order valence-electron chi connectivity index (χ0n) is 18.0. The number of hydrazone groups is 1.